The Bertz CT molecular complexity index is 296. The van der Waals surface area contributed by atoms with Crippen molar-refractivity contribution in [3.8, 4) is 0 Å². The average Bonchev–Trinajstić information content (AvgIpc) is 2.82. The monoisotopic (exact) mass is 222 g/mol. The van der Waals surface area contributed by atoms with Crippen LogP contribution in [0, 0.1) is 0 Å². The molecule has 1 atom stereocenters. The van der Waals surface area contributed by atoms with Gasteiger partial charge in [-0.15, -0.1) is 5.10 Å². The molecule has 0 saturated carbocycles. The Morgan fingerprint density at radius 2 is 1.62 bits per heavy atom. The summed E-state index contributed by atoms with van der Waals surface area (Å²) >= 11 is 0. The Morgan fingerprint density at radius 3 is 2.06 bits per heavy atom. The zero-order valence-corrected chi connectivity index (χ0v) is 10.8. The van der Waals surface area contributed by atoms with E-state index in [1.165, 1.54) is 0 Å². The van der Waals surface area contributed by atoms with Gasteiger partial charge in [-0.3, -0.25) is 5.43 Å². The first-order valence-corrected chi connectivity index (χ1v) is 5.91. The number of hydrazone groups is 1. The van der Waals surface area contributed by atoms with Crippen LogP contribution in [0.4, 0.5) is 0 Å². The first-order valence-electron chi connectivity index (χ1n) is 5.91. The van der Waals surface area contributed by atoms with Crippen molar-refractivity contribution in [1.82, 2.24) is 5.43 Å². The number of hydrogen-bond acceptors (Lipinski definition) is 3. The SMILES string of the molecule is CC.CC.CC1NN=C(c2ccccc2)O1. The zero-order chi connectivity index (χ0) is 12.4. The molecule has 3 heteroatoms. The molecule has 1 aliphatic heterocycles. The Hall–Kier alpha value is -1.51. The van der Waals surface area contributed by atoms with E-state index in [0.29, 0.717) is 5.90 Å². The lowest BCUT2D eigenvalue weighted by atomic mass is 10.2. The minimum Gasteiger partial charge on any atom is -0.451 e. The summed E-state index contributed by atoms with van der Waals surface area (Å²) in [6.45, 7) is 9.92. The maximum atomic E-state index is 5.39. The van der Waals surface area contributed by atoms with Crippen LogP contribution >= 0.6 is 0 Å². The van der Waals surface area contributed by atoms with Crippen molar-refractivity contribution in [2.75, 3.05) is 0 Å². The van der Waals surface area contributed by atoms with Crippen molar-refractivity contribution >= 4 is 5.90 Å². The standard InChI is InChI=1S/C9H10N2O.2C2H6/c1-7-10-11-9(12-7)8-5-3-2-4-6-8;2*1-2/h2-7,10H,1H3;2*1-2H3. The van der Waals surface area contributed by atoms with E-state index in [1.54, 1.807) is 0 Å². The highest BCUT2D eigenvalue weighted by Crippen LogP contribution is 2.07. The quantitative estimate of drug-likeness (QED) is 0.790. The molecule has 1 aliphatic rings. The highest BCUT2D eigenvalue weighted by molar-refractivity contribution is 5.94. The van der Waals surface area contributed by atoms with Gasteiger partial charge in [0.2, 0.25) is 5.90 Å². The number of nitrogens with zero attached hydrogens (tertiary/aromatic N) is 1. The lowest BCUT2D eigenvalue weighted by molar-refractivity contribution is 0.209. The summed E-state index contributed by atoms with van der Waals surface area (Å²) < 4.78 is 5.39. The molecule has 0 bridgehead atoms. The fourth-order valence-corrected chi connectivity index (χ4v) is 1.08. The maximum Gasteiger partial charge on any atom is 0.240 e. The van der Waals surface area contributed by atoms with Crippen molar-refractivity contribution < 1.29 is 4.74 Å². The summed E-state index contributed by atoms with van der Waals surface area (Å²) in [5.74, 6) is 0.670. The minimum atomic E-state index is -0.0137. The normalized spacial score (nSPS) is 16.6. The van der Waals surface area contributed by atoms with Crippen LogP contribution < -0.4 is 5.43 Å². The number of hydrogen-bond donors (Lipinski definition) is 1. The van der Waals surface area contributed by atoms with Gasteiger partial charge in [0.25, 0.3) is 0 Å². The topological polar surface area (TPSA) is 33.6 Å². The number of ether oxygens (including phenoxy) is 1. The van der Waals surface area contributed by atoms with Crippen LogP contribution in [0.15, 0.2) is 35.4 Å². The molecule has 1 N–H and O–H groups in total. The van der Waals surface area contributed by atoms with E-state index in [0.717, 1.165) is 5.56 Å². The summed E-state index contributed by atoms with van der Waals surface area (Å²) in [5.41, 5.74) is 3.84. The summed E-state index contributed by atoms with van der Waals surface area (Å²) in [4.78, 5) is 0. The predicted octanol–water partition coefficient (Wildman–Crippen LogP) is 3.37. The lowest BCUT2D eigenvalue weighted by Gasteiger charge is -2.03. The van der Waals surface area contributed by atoms with Gasteiger partial charge in [-0.2, -0.15) is 0 Å². The molecule has 0 spiro atoms. The fraction of sp³-hybridized carbons (Fsp3) is 0.462. The van der Waals surface area contributed by atoms with Crippen molar-refractivity contribution in [1.29, 1.82) is 0 Å². The molecule has 0 amide bonds. The van der Waals surface area contributed by atoms with E-state index < -0.39 is 0 Å². The second kappa shape index (κ2) is 8.77. The van der Waals surface area contributed by atoms with Crippen LogP contribution in [0.1, 0.15) is 40.2 Å². The lowest BCUT2D eigenvalue weighted by Crippen LogP contribution is -2.16. The third kappa shape index (κ3) is 4.34. The molecule has 1 aromatic rings. The second-order valence-electron chi connectivity index (χ2n) is 2.67. The van der Waals surface area contributed by atoms with E-state index in [1.807, 2.05) is 65.0 Å². The fourth-order valence-electron chi connectivity index (χ4n) is 1.08. The van der Waals surface area contributed by atoms with E-state index in [-0.39, 0.29) is 6.23 Å². The molecule has 3 nitrogen and oxygen atoms in total. The molecule has 1 heterocycles. The molecule has 0 aliphatic carbocycles. The predicted molar refractivity (Wildman–Crippen MR) is 69.4 cm³/mol. The minimum absolute atomic E-state index is 0.0137. The second-order valence-corrected chi connectivity index (χ2v) is 2.67. The largest absolute Gasteiger partial charge is 0.451 e. The van der Waals surface area contributed by atoms with E-state index in [4.69, 9.17) is 4.74 Å². The molecule has 1 aromatic carbocycles. The van der Waals surface area contributed by atoms with E-state index in [9.17, 15) is 0 Å². The maximum absolute atomic E-state index is 5.39. The van der Waals surface area contributed by atoms with Gasteiger partial charge in [0.1, 0.15) is 0 Å². The highest BCUT2D eigenvalue weighted by atomic mass is 16.5. The summed E-state index contributed by atoms with van der Waals surface area (Å²) in [6.07, 6.45) is -0.0137. The van der Waals surface area contributed by atoms with Gasteiger partial charge in [-0.05, 0) is 19.1 Å². The van der Waals surface area contributed by atoms with Gasteiger partial charge in [0.15, 0.2) is 6.23 Å². The Labute approximate surface area is 98.5 Å². The van der Waals surface area contributed by atoms with Gasteiger partial charge >= 0.3 is 0 Å². The number of rotatable bonds is 1. The van der Waals surface area contributed by atoms with Crippen LogP contribution in [0.3, 0.4) is 0 Å². The van der Waals surface area contributed by atoms with Crippen LogP contribution in [-0.2, 0) is 4.74 Å². The molecule has 0 saturated heterocycles. The first kappa shape index (κ1) is 14.5. The number of nitrogens with one attached hydrogen (secondary N) is 1. The van der Waals surface area contributed by atoms with Crippen molar-refractivity contribution in [3.05, 3.63) is 35.9 Å². The summed E-state index contributed by atoms with van der Waals surface area (Å²) in [7, 11) is 0. The van der Waals surface area contributed by atoms with Crippen LogP contribution in [-0.4, -0.2) is 12.1 Å². The summed E-state index contributed by atoms with van der Waals surface area (Å²) in [6, 6.07) is 9.83. The van der Waals surface area contributed by atoms with Gasteiger partial charge in [-0.25, -0.2) is 0 Å². The van der Waals surface area contributed by atoms with Gasteiger partial charge < -0.3 is 4.74 Å². The number of benzene rings is 1. The van der Waals surface area contributed by atoms with Crippen LogP contribution in [0.2, 0.25) is 0 Å². The molecule has 2 rings (SSSR count). The average molecular weight is 222 g/mol. The van der Waals surface area contributed by atoms with Gasteiger partial charge in [0.05, 0.1) is 0 Å². The third-order valence-corrected chi connectivity index (χ3v) is 1.66. The van der Waals surface area contributed by atoms with Crippen molar-refractivity contribution in [3.63, 3.8) is 0 Å². The van der Waals surface area contributed by atoms with E-state index in [2.05, 4.69) is 10.5 Å². The third-order valence-electron chi connectivity index (χ3n) is 1.66. The molecule has 0 radical (unpaired) electrons. The summed E-state index contributed by atoms with van der Waals surface area (Å²) in [5, 5.41) is 4.03. The molecule has 0 aromatic heterocycles. The molecule has 1 unspecified atom stereocenters. The Morgan fingerprint density at radius 1 is 1.06 bits per heavy atom. The molecule has 90 valence electrons. The molecular weight excluding hydrogens is 200 g/mol. The first-order chi connectivity index (χ1) is 7.86. The van der Waals surface area contributed by atoms with E-state index >= 15 is 0 Å². The van der Waals surface area contributed by atoms with Crippen LogP contribution in [0.5, 0.6) is 0 Å². The van der Waals surface area contributed by atoms with Crippen LogP contribution in [0.25, 0.3) is 0 Å². The molecule has 0 fully saturated rings. The van der Waals surface area contributed by atoms with Gasteiger partial charge in [0, 0.05) is 5.56 Å². The van der Waals surface area contributed by atoms with Crippen molar-refractivity contribution in [2.24, 2.45) is 5.10 Å². The smallest absolute Gasteiger partial charge is 0.240 e. The molecular formula is C13H22N2O. The zero-order valence-electron chi connectivity index (χ0n) is 10.8. The Balaban J connectivity index is 0.000000509. The van der Waals surface area contributed by atoms with Crippen molar-refractivity contribution in [2.45, 2.75) is 40.8 Å². The highest BCUT2D eigenvalue weighted by Gasteiger charge is 2.14. The van der Waals surface area contributed by atoms with Gasteiger partial charge in [-0.1, -0.05) is 45.9 Å². The molecule has 16 heavy (non-hydrogen) atoms. The Kier molecular flexibility index (Phi) is 7.94.